The Bertz CT molecular complexity index is 519. The first-order valence-electron chi connectivity index (χ1n) is 5.91. The van der Waals surface area contributed by atoms with Crippen LogP contribution in [-0.4, -0.2) is 6.54 Å². The Morgan fingerprint density at radius 3 is 2.59 bits per heavy atom. The van der Waals surface area contributed by atoms with E-state index in [4.69, 9.17) is 0 Å². The molecule has 17 heavy (non-hydrogen) atoms. The Morgan fingerprint density at radius 1 is 1.00 bits per heavy atom. The smallest absolute Gasteiger partial charge is 0.123 e. The van der Waals surface area contributed by atoms with Crippen LogP contribution < -0.4 is 5.32 Å². The molecular formula is C15H14FN. The zero-order valence-electron chi connectivity index (χ0n) is 9.49. The van der Waals surface area contributed by atoms with Gasteiger partial charge in [-0.1, -0.05) is 36.4 Å². The van der Waals surface area contributed by atoms with Gasteiger partial charge in [0.1, 0.15) is 5.82 Å². The summed E-state index contributed by atoms with van der Waals surface area (Å²) in [6, 6.07) is 15.4. The minimum Gasteiger partial charge on any atom is -0.306 e. The molecule has 1 heterocycles. The standard InChI is InChI=1S/C15H14FN/c16-13-7-5-12(6-8-13)15-14-4-2-1-3-11(14)9-10-17-15/h1-8,15,17H,9-10H2/t15-/m1/s1. The lowest BCUT2D eigenvalue weighted by Gasteiger charge is -2.27. The first-order valence-corrected chi connectivity index (χ1v) is 5.91. The monoisotopic (exact) mass is 227 g/mol. The quantitative estimate of drug-likeness (QED) is 0.789. The fourth-order valence-electron chi connectivity index (χ4n) is 2.46. The highest BCUT2D eigenvalue weighted by Gasteiger charge is 2.20. The predicted octanol–water partition coefficient (Wildman–Crippen LogP) is 3.06. The second-order valence-electron chi connectivity index (χ2n) is 4.39. The Morgan fingerprint density at radius 2 is 1.76 bits per heavy atom. The van der Waals surface area contributed by atoms with Crippen LogP contribution in [0.3, 0.4) is 0 Å². The van der Waals surface area contributed by atoms with Gasteiger partial charge in [-0.25, -0.2) is 4.39 Å². The van der Waals surface area contributed by atoms with Gasteiger partial charge < -0.3 is 5.32 Å². The molecule has 0 radical (unpaired) electrons. The van der Waals surface area contributed by atoms with Crippen molar-refractivity contribution in [2.75, 3.05) is 6.54 Å². The van der Waals surface area contributed by atoms with Crippen LogP contribution in [0, 0.1) is 5.82 Å². The van der Waals surface area contributed by atoms with Crippen LogP contribution in [0.2, 0.25) is 0 Å². The summed E-state index contributed by atoms with van der Waals surface area (Å²) in [5.41, 5.74) is 3.82. The van der Waals surface area contributed by atoms with E-state index >= 15 is 0 Å². The van der Waals surface area contributed by atoms with Gasteiger partial charge >= 0.3 is 0 Å². The van der Waals surface area contributed by atoms with Gasteiger partial charge in [0.15, 0.2) is 0 Å². The molecule has 0 spiro atoms. The van der Waals surface area contributed by atoms with Crippen LogP contribution in [0.5, 0.6) is 0 Å². The molecule has 0 unspecified atom stereocenters. The molecule has 3 rings (SSSR count). The lowest BCUT2D eigenvalue weighted by atomic mass is 9.90. The molecule has 0 aromatic heterocycles. The van der Waals surface area contributed by atoms with E-state index in [0.29, 0.717) is 0 Å². The summed E-state index contributed by atoms with van der Waals surface area (Å²) in [4.78, 5) is 0. The van der Waals surface area contributed by atoms with Crippen molar-refractivity contribution in [2.24, 2.45) is 0 Å². The highest BCUT2D eigenvalue weighted by molar-refractivity contribution is 5.39. The van der Waals surface area contributed by atoms with Crippen molar-refractivity contribution in [3.8, 4) is 0 Å². The largest absolute Gasteiger partial charge is 0.306 e. The molecular weight excluding hydrogens is 213 g/mol. The number of hydrogen-bond donors (Lipinski definition) is 1. The molecule has 2 aromatic carbocycles. The molecule has 0 amide bonds. The van der Waals surface area contributed by atoms with E-state index in [0.717, 1.165) is 18.5 Å². The molecule has 1 N–H and O–H groups in total. The van der Waals surface area contributed by atoms with Crippen molar-refractivity contribution in [3.05, 3.63) is 71.0 Å². The van der Waals surface area contributed by atoms with Crippen LogP contribution in [0.25, 0.3) is 0 Å². The Hall–Kier alpha value is -1.67. The number of fused-ring (bicyclic) bond motifs is 1. The second kappa shape index (κ2) is 4.30. The molecule has 1 atom stereocenters. The van der Waals surface area contributed by atoms with Gasteiger partial charge in [-0.2, -0.15) is 0 Å². The maximum absolute atomic E-state index is 12.9. The molecule has 1 aliphatic heterocycles. The molecule has 2 aromatic rings. The summed E-state index contributed by atoms with van der Waals surface area (Å²) in [7, 11) is 0. The molecule has 0 aliphatic carbocycles. The van der Waals surface area contributed by atoms with E-state index in [1.165, 1.54) is 23.3 Å². The average molecular weight is 227 g/mol. The van der Waals surface area contributed by atoms with Gasteiger partial charge in [0.25, 0.3) is 0 Å². The summed E-state index contributed by atoms with van der Waals surface area (Å²) in [5, 5.41) is 3.49. The van der Waals surface area contributed by atoms with E-state index in [9.17, 15) is 4.39 Å². The zero-order valence-corrected chi connectivity index (χ0v) is 9.49. The van der Waals surface area contributed by atoms with E-state index in [-0.39, 0.29) is 11.9 Å². The minimum atomic E-state index is -0.183. The Balaban J connectivity index is 2.03. The lowest BCUT2D eigenvalue weighted by Crippen LogP contribution is -2.30. The second-order valence-corrected chi connectivity index (χ2v) is 4.39. The summed E-state index contributed by atoms with van der Waals surface area (Å²) in [5.74, 6) is -0.183. The molecule has 1 nitrogen and oxygen atoms in total. The molecule has 0 saturated carbocycles. The first-order chi connectivity index (χ1) is 8.34. The van der Waals surface area contributed by atoms with Crippen LogP contribution in [0.1, 0.15) is 22.7 Å². The van der Waals surface area contributed by atoms with Gasteiger partial charge in [-0.3, -0.25) is 0 Å². The highest BCUT2D eigenvalue weighted by atomic mass is 19.1. The number of nitrogens with one attached hydrogen (secondary N) is 1. The van der Waals surface area contributed by atoms with Crippen molar-refractivity contribution in [1.29, 1.82) is 0 Å². The maximum Gasteiger partial charge on any atom is 0.123 e. The van der Waals surface area contributed by atoms with Crippen LogP contribution >= 0.6 is 0 Å². The fourth-order valence-corrected chi connectivity index (χ4v) is 2.46. The van der Waals surface area contributed by atoms with Crippen molar-refractivity contribution in [3.63, 3.8) is 0 Å². The number of benzene rings is 2. The molecule has 0 fully saturated rings. The lowest BCUT2D eigenvalue weighted by molar-refractivity contribution is 0.565. The number of rotatable bonds is 1. The van der Waals surface area contributed by atoms with Crippen molar-refractivity contribution < 1.29 is 4.39 Å². The summed E-state index contributed by atoms with van der Waals surface area (Å²) in [6.45, 7) is 0.971. The fraction of sp³-hybridized carbons (Fsp3) is 0.200. The topological polar surface area (TPSA) is 12.0 Å². The van der Waals surface area contributed by atoms with Gasteiger partial charge in [0.05, 0.1) is 6.04 Å². The van der Waals surface area contributed by atoms with Gasteiger partial charge in [-0.15, -0.1) is 0 Å². The van der Waals surface area contributed by atoms with Crippen molar-refractivity contribution >= 4 is 0 Å². The third kappa shape index (κ3) is 1.96. The molecule has 0 saturated heterocycles. The maximum atomic E-state index is 12.9. The van der Waals surface area contributed by atoms with E-state index in [1.807, 2.05) is 12.1 Å². The normalized spacial score (nSPS) is 18.8. The molecule has 1 aliphatic rings. The molecule has 86 valence electrons. The van der Waals surface area contributed by atoms with Crippen molar-refractivity contribution in [2.45, 2.75) is 12.5 Å². The van der Waals surface area contributed by atoms with E-state index in [1.54, 1.807) is 0 Å². The predicted molar refractivity (Wildman–Crippen MR) is 66.4 cm³/mol. The average Bonchev–Trinajstić information content (AvgIpc) is 2.39. The van der Waals surface area contributed by atoms with E-state index in [2.05, 4.69) is 29.6 Å². The summed E-state index contributed by atoms with van der Waals surface area (Å²) >= 11 is 0. The van der Waals surface area contributed by atoms with Crippen LogP contribution in [-0.2, 0) is 6.42 Å². The van der Waals surface area contributed by atoms with Gasteiger partial charge in [-0.05, 0) is 35.2 Å². The number of hydrogen-bond acceptors (Lipinski definition) is 1. The summed E-state index contributed by atoms with van der Waals surface area (Å²) in [6.07, 6.45) is 1.06. The first kappa shape index (κ1) is 10.5. The SMILES string of the molecule is Fc1ccc([C@H]2NCCc3ccccc32)cc1. The van der Waals surface area contributed by atoms with Crippen LogP contribution in [0.15, 0.2) is 48.5 Å². The van der Waals surface area contributed by atoms with Gasteiger partial charge in [0, 0.05) is 6.54 Å². The Labute approximate surface area is 100 Å². The third-order valence-corrected chi connectivity index (χ3v) is 3.31. The van der Waals surface area contributed by atoms with Crippen LogP contribution in [0.4, 0.5) is 4.39 Å². The van der Waals surface area contributed by atoms with E-state index < -0.39 is 0 Å². The Kier molecular flexibility index (Phi) is 2.65. The minimum absolute atomic E-state index is 0.183. The highest BCUT2D eigenvalue weighted by Crippen LogP contribution is 2.28. The zero-order chi connectivity index (χ0) is 11.7. The summed E-state index contributed by atoms with van der Waals surface area (Å²) < 4.78 is 12.9. The van der Waals surface area contributed by atoms with Gasteiger partial charge in [0.2, 0.25) is 0 Å². The molecule has 0 bridgehead atoms. The third-order valence-electron chi connectivity index (χ3n) is 3.31. The number of halogens is 1. The van der Waals surface area contributed by atoms with Crippen molar-refractivity contribution in [1.82, 2.24) is 5.32 Å². The molecule has 2 heteroatoms.